The van der Waals surface area contributed by atoms with Gasteiger partial charge in [0.25, 0.3) is 0 Å². The van der Waals surface area contributed by atoms with E-state index in [-0.39, 0.29) is 11.4 Å². The second-order valence-electron chi connectivity index (χ2n) is 5.41. The minimum atomic E-state index is -3.77. The highest BCUT2D eigenvalue weighted by molar-refractivity contribution is 7.92. The summed E-state index contributed by atoms with van der Waals surface area (Å²) in [7, 11) is -3.77. The topological polar surface area (TPSA) is 89.0 Å². The molecule has 0 saturated heterocycles. The Kier molecular flexibility index (Phi) is 4.59. The number of rotatable bonds is 5. The number of carbonyl (C=O) groups excluding carboxylic acids is 1. The molecule has 3 rings (SSSR count). The van der Waals surface area contributed by atoms with Crippen molar-refractivity contribution in [1.29, 1.82) is 0 Å². The molecule has 124 valence electrons. The zero-order valence-corrected chi connectivity index (χ0v) is 14.5. The van der Waals surface area contributed by atoms with Gasteiger partial charge in [0.1, 0.15) is 16.8 Å². The molecule has 0 unspecified atom stereocenters. The average Bonchev–Trinajstić information content (AvgIpc) is 3.02. The second kappa shape index (κ2) is 6.66. The van der Waals surface area contributed by atoms with Crippen molar-refractivity contribution in [1.82, 2.24) is 14.1 Å². The highest BCUT2D eigenvalue weighted by Crippen LogP contribution is 2.22. The Morgan fingerprint density at radius 2 is 1.88 bits per heavy atom. The number of hydrogen-bond donors (Lipinski definition) is 1. The van der Waals surface area contributed by atoms with E-state index in [0.29, 0.717) is 11.0 Å². The maximum absolute atomic E-state index is 12.5. The Morgan fingerprint density at radius 1 is 1.12 bits per heavy atom. The van der Waals surface area contributed by atoms with E-state index in [1.54, 1.807) is 12.1 Å². The number of fused-ring (bicyclic) bond motifs is 1. The fourth-order valence-corrected chi connectivity index (χ4v) is 4.18. The van der Waals surface area contributed by atoms with Gasteiger partial charge in [0.2, 0.25) is 5.91 Å². The number of aromatic nitrogens is 2. The SMILES string of the molecule is Cc1ccc(CNC(=O)CS(=O)(=O)c2cccc3nsnc23)cc1. The molecular weight excluding hydrogens is 346 g/mol. The van der Waals surface area contributed by atoms with Crippen LogP contribution in [0.1, 0.15) is 11.1 Å². The first-order chi connectivity index (χ1) is 11.5. The van der Waals surface area contributed by atoms with Gasteiger partial charge in [-0.25, -0.2) is 8.42 Å². The molecule has 6 nitrogen and oxygen atoms in total. The summed E-state index contributed by atoms with van der Waals surface area (Å²) in [4.78, 5) is 12.1. The summed E-state index contributed by atoms with van der Waals surface area (Å²) in [6.07, 6.45) is 0. The Balaban J connectivity index is 1.71. The summed E-state index contributed by atoms with van der Waals surface area (Å²) in [5.74, 6) is -1.16. The van der Waals surface area contributed by atoms with E-state index in [1.165, 1.54) is 6.07 Å². The van der Waals surface area contributed by atoms with Gasteiger partial charge in [-0.05, 0) is 24.6 Å². The third-order valence-corrected chi connectivity index (χ3v) is 5.70. The largest absolute Gasteiger partial charge is 0.351 e. The molecule has 1 heterocycles. The van der Waals surface area contributed by atoms with Crippen molar-refractivity contribution in [3.63, 3.8) is 0 Å². The van der Waals surface area contributed by atoms with Crippen LogP contribution in [0.25, 0.3) is 11.0 Å². The molecule has 1 aromatic heterocycles. The maximum Gasteiger partial charge on any atom is 0.235 e. The molecule has 3 aromatic rings. The van der Waals surface area contributed by atoms with Crippen LogP contribution in [0.5, 0.6) is 0 Å². The number of nitrogens with one attached hydrogen (secondary N) is 1. The lowest BCUT2D eigenvalue weighted by Gasteiger charge is -2.07. The number of benzene rings is 2. The molecule has 24 heavy (non-hydrogen) atoms. The number of hydrogen-bond acceptors (Lipinski definition) is 6. The number of carbonyl (C=O) groups is 1. The number of sulfone groups is 1. The number of nitrogens with zero attached hydrogens (tertiary/aromatic N) is 2. The zero-order chi connectivity index (χ0) is 17.2. The molecule has 0 fully saturated rings. The Morgan fingerprint density at radius 3 is 2.62 bits per heavy atom. The molecule has 0 aliphatic rings. The van der Waals surface area contributed by atoms with Crippen molar-refractivity contribution >= 4 is 38.5 Å². The molecule has 0 spiro atoms. The molecular formula is C16H15N3O3S2. The third-order valence-electron chi connectivity index (χ3n) is 3.52. The van der Waals surface area contributed by atoms with Crippen LogP contribution in [0.4, 0.5) is 0 Å². The van der Waals surface area contributed by atoms with Gasteiger partial charge in [-0.15, -0.1) is 0 Å². The van der Waals surface area contributed by atoms with E-state index in [0.717, 1.165) is 22.9 Å². The number of amides is 1. The molecule has 0 aliphatic heterocycles. The van der Waals surface area contributed by atoms with Crippen LogP contribution in [-0.2, 0) is 21.2 Å². The third kappa shape index (κ3) is 3.60. The van der Waals surface area contributed by atoms with Crippen LogP contribution < -0.4 is 5.32 Å². The van der Waals surface area contributed by atoms with Crippen molar-refractivity contribution in [2.75, 3.05) is 5.75 Å². The van der Waals surface area contributed by atoms with E-state index >= 15 is 0 Å². The molecule has 1 amide bonds. The first-order valence-electron chi connectivity index (χ1n) is 7.22. The van der Waals surface area contributed by atoms with Crippen LogP contribution in [0.3, 0.4) is 0 Å². The quantitative estimate of drug-likeness (QED) is 0.752. The molecule has 0 radical (unpaired) electrons. The van der Waals surface area contributed by atoms with Crippen LogP contribution in [-0.4, -0.2) is 28.8 Å². The zero-order valence-electron chi connectivity index (χ0n) is 12.9. The standard InChI is InChI=1S/C16H15N3O3S2/c1-11-5-7-12(8-6-11)9-17-15(20)10-24(21,22)14-4-2-3-13-16(14)19-23-18-13/h2-8H,9-10H2,1H3,(H,17,20). The smallest absolute Gasteiger partial charge is 0.235 e. The van der Waals surface area contributed by atoms with E-state index < -0.39 is 21.5 Å². The van der Waals surface area contributed by atoms with Crippen LogP contribution in [0.2, 0.25) is 0 Å². The van der Waals surface area contributed by atoms with Gasteiger partial charge in [-0.1, -0.05) is 35.9 Å². The van der Waals surface area contributed by atoms with Crippen molar-refractivity contribution in [2.45, 2.75) is 18.4 Å². The van der Waals surface area contributed by atoms with Crippen LogP contribution >= 0.6 is 11.7 Å². The maximum atomic E-state index is 12.5. The predicted molar refractivity (Wildman–Crippen MR) is 92.5 cm³/mol. The molecule has 0 aliphatic carbocycles. The van der Waals surface area contributed by atoms with E-state index in [4.69, 9.17) is 0 Å². The van der Waals surface area contributed by atoms with Crippen LogP contribution in [0.15, 0.2) is 47.4 Å². The van der Waals surface area contributed by atoms with Crippen molar-refractivity contribution in [3.8, 4) is 0 Å². The van der Waals surface area contributed by atoms with E-state index in [1.807, 2.05) is 31.2 Å². The molecule has 2 aromatic carbocycles. The predicted octanol–water partition coefficient (Wildman–Crippen LogP) is 2.09. The molecule has 1 N–H and O–H groups in total. The summed E-state index contributed by atoms with van der Waals surface area (Å²) >= 11 is 0.946. The Labute approximate surface area is 143 Å². The molecule has 0 bridgehead atoms. The fraction of sp³-hybridized carbons (Fsp3) is 0.188. The van der Waals surface area contributed by atoms with Crippen molar-refractivity contribution in [2.24, 2.45) is 0 Å². The summed E-state index contributed by atoms with van der Waals surface area (Å²) < 4.78 is 33.0. The summed E-state index contributed by atoms with van der Waals surface area (Å²) in [5.41, 5.74) is 2.87. The summed E-state index contributed by atoms with van der Waals surface area (Å²) in [5, 5.41) is 2.63. The van der Waals surface area contributed by atoms with Crippen molar-refractivity contribution in [3.05, 3.63) is 53.6 Å². The Hall–Kier alpha value is -2.32. The molecule has 0 saturated carbocycles. The van der Waals surface area contributed by atoms with Gasteiger partial charge in [-0.3, -0.25) is 4.79 Å². The first kappa shape index (κ1) is 16.5. The lowest BCUT2D eigenvalue weighted by molar-refractivity contribution is -0.118. The van der Waals surface area contributed by atoms with Gasteiger partial charge in [0, 0.05) is 6.54 Å². The van der Waals surface area contributed by atoms with Gasteiger partial charge in [0.15, 0.2) is 9.84 Å². The first-order valence-corrected chi connectivity index (χ1v) is 9.60. The van der Waals surface area contributed by atoms with E-state index in [9.17, 15) is 13.2 Å². The minimum absolute atomic E-state index is 0.0410. The fourth-order valence-electron chi connectivity index (χ4n) is 2.24. The monoisotopic (exact) mass is 361 g/mol. The van der Waals surface area contributed by atoms with Gasteiger partial charge < -0.3 is 5.32 Å². The average molecular weight is 361 g/mol. The van der Waals surface area contributed by atoms with E-state index in [2.05, 4.69) is 14.1 Å². The lowest BCUT2D eigenvalue weighted by Crippen LogP contribution is -2.30. The normalized spacial score (nSPS) is 11.5. The lowest BCUT2D eigenvalue weighted by atomic mass is 10.1. The van der Waals surface area contributed by atoms with Gasteiger partial charge in [0.05, 0.1) is 16.6 Å². The van der Waals surface area contributed by atoms with Crippen molar-refractivity contribution < 1.29 is 13.2 Å². The molecule has 8 heteroatoms. The minimum Gasteiger partial charge on any atom is -0.351 e. The van der Waals surface area contributed by atoms with Gasteiger partial charge >= 0.3 is 0 Å². The molecule has 0 atom stereocenters. The summed E-state index contributed by atoms with van der Waals surface area (Å²) in [6, 6.07) is 12.4. The second-order valence-corrected chi connectivity index (χ2v) is 7.90. The number of aryl methyl sites for hydroxylation is 1. The Bertz CT molecular complexity index is 979. The van der Waals surface area contributed by atoms with Crippen LogP contribution in [0, 0.1) is 6.92 Å². The highest BCUT2D eigenvalue weighted by Gasteiger charge is 2.23. The van der Waals surface area contributed by atoms with Gasteiger partial charge in [-0.2, -0.15) is 8.75 Å². The highest BCUT2D eigenvalue weighted by atomic mass is 32.2. The summed E-state index contributed by atoms with van der Waals surface area (Å²) in [6.45, 7) is 2.26.